The molecule has 0 aromatic rings. The maximum absolute atomic E-state index is 11.6. The minimum absolute atomic E-state index is 0.202. The molecule has 6 atom stereocenters. The molecule has 2 unspecified atom stereocenters. The van der Waals surface area contributed by atoms with Gasteiger partial charge in [-0.05, 0) is 6.42 Å². The smallest absolute Gasteiger partial charge is 0.390 e. The van der Waals surface area contributed by atoms with Crippen molar-refractivity contribution in [1.29, 1.82) is 0 Å². The molecule has 0 saturated carbocycles. The maximum Gasteiger partial charge on any atom is 0.488 e. The van der Waals surface area contributed by atoms with Crippen molar-refractivity contribution in [3.05, 3.63) is 0 Å². The van der Waals surface area contributed by atoms with E-state index in [1.807, 2.05) is 0 Å². The summed E-state index contributed by atoms with van der Waals surface area (Å²) in [5.41, 5.74) is 0. The Labute approximate surface area is 126 Å². The van der Waals surface area contributed by atoms with E-state index < -0.39 is 53.6 Å². The summed E-state index contributed by atoms with van der Waals surface area (Å²) in [5, 5.41) is 21.9. The molecule has 1 heterocycles. The van der Waals surface area contributed by atoms with Crippen molar-refractivity contribution in [3.63, 3.8) is 0 Å². The normalized spacial score (nSPS) is 35.0. The van der Waals surface area contributed by atoms with Gasteiger partial charge < -0.3 is 35.1 Å². The zero-order chi connectivity index (χ0) is 17.3. The van der Waals surface area contributed by atoms with E-state index in [0.717, 1.165) is 0 Å². The summed E-state index contributed by atoms with van der Waals surface area (Å²) in [4.78, 5) is 35.2. The number of aliphatic hydroxyl groups excluding tert-OH is 2. The van der Waals surface area contributed by atoms with E-state index in [4.69, 9.17) is 14.7 Å². The van der Waals surface area contributed by atoms with E-state index in [9.17, 15) is 28.8 Å². The van der Waals surface area contributed by atoms with Gasteiger partial charge in [-0.15, -0.1) is 0 Å². The van der Waals surface area contributed by atoms with Gasteiger partial charge in [0, 0.05) is 12.0 Å². The molecular formula is C6H17BNO11P3. The summed E-state index contributed by atoms with van der Waals surface area (Å²) >= 11 is 0. The van der Waals surface area contributed by atoms with Gasteiger partial charge in [0.1, 0.15) is 7.85 Å². The van der Waals surface area contributed by atoms with Gasteiger partial charge in [-0.1, -0.05) is 0 Å². The van der Waals surface area contributed by atoms with Crippen LogP contribution in [0.2, 0.25) is 0 Å². The average Bonchev–Trinajstić information content (AvgIpc) is 2.49. The van der Waals surface area contributed by atoms with Crippen LogP contribution < -0.4 is 5.32 Å². The summed E-state index contributed by atoms with van der Waals surface area (Å²) in [6.45, 7) is 0. The highest BCUT2D eigenvalue weighted by Gasteiger charge is 2.42. The van der Waals surface area contributed by atoms with Crippen molar-refractivity contribution in [1.82, 2.24) is 5.32 Å². The lowest BCUT2D eigenvalue weighted by Crippen LogP contribution is -2.34. The third kappa shape index (κ3) is 6.49. The summed E-state index contributed by atoms with van der Waals surface area (Å²) < 4.78 is 40.6. The van der Waals surface area contributed by atoms with Gasteiger partial charge >= 0.3 is 23.2 Å². The van der Waals surface area contributed by atoms with Gasteiger partial charge in [-0.25, -0.2) is 13.4 Å². The van der Waals surface area contributed by atoms with E-state index in [-0.39, 0.29) is 6.42 Å². The van der Waals surface area contributed by atoms with Crippen molar-refractivity contribution in [2.45, 2.75) is 30.6 Å². The molecule has 0 bridgehead atoms. The summed E-state index contributed by atoms with van der Waals surface area (Å²) in [5.74, 6) is -0.457. The van der Waals surface area contributed by atoms with Crippen molar-refractivity contribution in [2.75, 3.05) is 6.16 Å². The molecule has 7 N–H and O–H groups in total. The lowest BCUT2D eigenvalue weighted by molar-refractivity contribution is 0.0360. The highest BCUT2D eigenvalue weighted by atomic mass is 31.3. The largest absolute Gasteiger partial charge is 0.488 e. The molecule has 0 aromatic carbocycles. The van der Waals surface area contributed by atoms with E-state index in [2.05, 4.69) is 13.9 Å². The molecule has 130 valence electrons. The van der Waals surface area contributed by atoms with Crippen molar-refractivity contribution in [2.24, 2.45) is 0 Å². The van der Waals surface area contributed by atoms with E-state index >= 15 is 0 Å². The highest BCUT2D eigenvalue weighted by Crippen LogP contribution is 2.66. The maximum atomic E-state index is 11.6. The summed E-state index contributed by atoms with van der Waals surface area (Å²) in [7, 11) is -14.0. The van der Waals surface area contributed by atoms with E-state index in [1.54, 1.807) is 7.85 Å². The minimum atomic E-state index is -5.44. The minimum Gasteiger partial charge on any atom is -0.390 e. The van der Waals surface area contributed by atoms with Crippen LogP contribution in [0.3, 0.4) is 0 Å². The topological polar surface area (TPSA) is 203 Å². The van der Waals surface area contributed by atoms with Crippen molar-refractivity contribution in [3.8, 4) is 0 Å². The molecule has 16 heteroatoms. The first-order valence-electron chi connectivity index (χ1n) is 5.97. The number of nitrogens with one attached hydrogen (secondary N) is 1. The molecule has 0 aromatic heterocycles. The van der Waals surface area contributed by atoms with Crippen LogP contribution in [0.15, 0.2) is 0 Å². The lowest BCUT2D eigenvalue weighted by atomic mass is 9.92. The Bertz CT molecular complexity index is 538. The molecule has 22 heavy (non-hydrogen) atoms. The molecule has 0 radical (unpaired) electrons. The van der Waals surface area contributed by atoms with Crippen LogP contribution in [0.1, 0.15) is 6.42 Å². The zero-order valence-electron chi connectivity index (χ0n) is 11.3. The highest BCUT2D eigenvalue weighted by molar-refractivity contribution is 7.68. The van der Waals surface area contributed by atoms with Crippen LogP contribution in [-0.4, -0.2) is 68.0 Å². The molecule has 1 fully saturated rings. The Balaban J connectivity index is 2.60. The van der Waals surface area contributed by atoms with Crippen LogP contribution in [0.4, 0.5) is 0 Å². The standard InChI is InChI=1S/C6H17BNO11P3/c7-6-5(10)4(9)3(8-6)1-2-20(11,12)18-22(16,17)19-21(13,14)15/h3-6,8-10H,1-2,7H2,(H,11,12)(H,16,17)(H2,13,14,15)/t3-,4-,5-,6-/m1/s1. The van der Waals surface area contributed by atoms with Gasteiger partial charge in [0.2, 0.25) is 0 Å². The van der Waals surface area contributed by atoms with Crippen LogP contribution in [-0.2, 0) is 22.3 Å². The number of hydrogen-bond donors (Lipinski definition) is 7. The Hall–Kier alpha value is 0.395. The lowest BCUT2D eigenvalue weighted by Gasteiger charge is -2.19. The predicted octanol–water partition coefficient (Wildman–Crippen LogP) is -2.56. The SMILES string of the molecule is B[C@@H]1N[C@H](CCP(=O)(O)OP(=O)(O)OP(=O)(O)O)[C@@H](O)[C@H]1O. The third-order valence-electron chi connectivity index (χ3n) is 2.91. The third-order valence-corrected chi connectivity index (χ3v) is 7.26. The van der Waals surface area contributed by atoms with Crippen LogP contribution in [0, 0.1) is 0 Å². The zero-order valence-corrected chi connectivity index (χ0v) is 14.0. The fraction of sp³-hybridized carbons (Fsp3) is 1.00. The van der Waals surface area contributed by atoms with Crippen LogP contribution in [0.25, 0.3) is 0 Å². The Kier molecular flexibility index (Phi) is 6.60. The van der Waals surface area contributed by atoms with Crippen LogP contribution >= 0.6 is 23.2 Å². The second-order valence-electron chi connectivity index (χ2n) is 4.82. The summed E-state index contributed by atoms with van der Waals surface area (Å²) in [6, 6.07) is -0.755. The van der Waals surface area contributed by atoms with Gasteiger partial charge in [-0.3, -0.25) is 4.57 Å². The van der Waals surface area contributed by atoms with Gasteiger partial charge in [0.25, 0.3) is 0 Å². The van der Waals surface area contributed by atoms with Gasteiger partial charge in [0.15, 0.2) is 0 Å². The fourth-order valence-corrected chi connectivity index (χ4v) is 5.66. The Morgan fingerprint density at radius 2 is 1.55 bits per heavy atom. The second-order valence-corrected chi connectivity index (χ2v) is 9.76. The first kappa shape index (κ1) is 20.4. The number of rotatable bonds is 7. The fourth-order valence-electron chi connectivity index (χ4n) is 1.98. The second kappa shape index (κ2) is 7.10. The average molecular weight is 383 g/mol. The molecule has 12 nitrogen and oxygen atoms in total. The first-order valence-corrected chi connectivity index (χ1v) is 10.8. The summed E-state index contributed by atoms with van der Waals surface area (Å²) in [6.07, 6.45) is -3.20. The molecule has 0 spiro atoms. The molecular weight excluding hydrogens is 366 g/mol. The molecule has 1 rings (SSSR count). The van der Waals surface area contributed by atoms with Crippen molar-refractivity contribution >= 4 is 31.1 Å². The van der Waals surface area contributed by atoms with Gasteiger partial charge in [0.05, 0.1) is 18.4 Å². The molecule has 1 aliphatic rings. The molecule has 0 aliphatic carbocycles. The Morgan fingerprint density at radius 3 is 1.95 bits per heavy atom. The quantitative estimate of drug-likeness (QED) is 0.179. The Morgan fingerprint density at radius 1 is 1.00 bits per heavy atom. The van der Waals surface area contributed by atoms with Crippen molar-refractivity contribution < 1.29 is 52.1 Å². The monoisotopic (exact) mass is 383 g/mol. The van der Waals surface area contributed by atoms with Gasteiger partial charge in [-0.2, -0.15) is 4.31 Å². The predicted molar refractivity (Wildman–Crippen MR) is 74.6 cm³/mol. The molecule has 1 saturated heterocycles. The molecule has 0 amide bonds. The van der Waals surface area contributed by atoms with E-state index in [0.29, 0.717) is 0 Å². The number of aliphatic hydroxyl groups is 2. The first-order chi connectivity index (χ1) is 9.72. The number of phosphoric acid groups is 2. The van der Waals surface area contributed by atoms with E-state index in [1.165, 1.54) is 0 Å². The molecule has 1 aliphatic heterocycles. The van der Waals surface area contributed by atoms with Crippen LogP contribution in [0.5, 0.6) is 0 Å². The number of hydrogen-bond acceptors (Lipinski definition) is 8.